The summed E-state index contributed by atoms with van der Waals surface area (Å²) in [6.07, 6.45) is 4.76. The van der Waals surface area contributed by atoms with E-state index in [0.29, 0.717) is 24.1 Å². The van der Waals surface area contributed by atoms with Crippen molar-refractivity contribution in [3.63, 3.8) is 0 Å². The Hall–Kier alpha value is -1.32. The predicted molar refractivity (Wildman–Crippen MR) is 65.6 cm³/mol. The van der Waals surface area contributed by atoms with Gasteiger partial charge in [0.15, 0.2) is 0 Å². The van der Waals surface area contributed by atoms with Crippen molar-refractivity contribution in [2.45, 2.75) is 46.5 Å². The van der Waals surface area contributed by atoms with Crippen molar-refractivity contribution in [3.8, 4) is 5.88 Å². The topological polar surface area (TPSA) is 61.0 Å². The zero-order valence-corrected chi connectivity index (χ0v) is 10.4. The maximum absolute atomic E-state index is 5.74. The second kappa shape index (κ2) is 6.30. The number of unbranched alkanes of at least 4 members (excludes halogenated alkanes) is 3. The van der Waals surface area contributed by atoms with E-state index in [0.717, 1.165) is 12.0 Å². The molecule has 0 saturated heterocycles. The standard InChI is InChI=1S/C12H21N3O/c1-4-5-6-7-8-16-12-9(2)11(13)14-10(3)15-12/h4-8H2,1-3H3,(H2,13,14,15). The highest BCUT2D eigenvalue weighted by Gasteiger charge is 2.07. The Labute approximate surface area is 97.2 Å². The summed E-state index contributed by atoms with van der Waals surface area (Å²) in [7, 11) is 0. The van der Waals surface area contributed by atoms with Crippen molar-refractivity contribution < 1.29 is 4.74 Å². The molecular weight excluding hydrogens is 202 g/mol. The first-order chi connectivity index (χ1) is 7.65. The summed E-state index contributed by atoms with van der Waals surface area (Å²) < 4.78 is 5.61. The van der Waals surface area contributed by atoms with Gasteiger partial charge in [-0.2, -0.15) is 4.98 Å². The van der Waals surface area contributed by atoms with Crippen LogP contribution < -0.4 is 10.5 Å². The molecule has 0 aliphatic heterocycles. The molecule has 0 aromatic carbocycles. The summed E-state index contributed by atoms with van der Waals surface area (Å²) in [6.45, 7) is 6.60. The normalized spacial score (nSPS) is 10.4. The maximum Gasteiger partial charge on any atom is 0.221 e. The number of nitrogen functional groups attached to an aromatic ring is 1. The lowest BCUT2D eigenvalue weighted by atomic mass is 10.2. The third-order valence-electron chi connectivity index (χ3n) is 2.49. The molecule has 1 aromatic rings. The van der Waals surface area contributed by atoms with Crippen LogP contribution in [0.15, 0.2) is 0 Å². The van der Waals surface area contributed by atoms with E-state index in [1.165, 1.54) is 19.3 Å². The number of hydrogen-bond donors (Lipinski definition) is 1. The van der Waals surface area contributed by atoms with Crippen LogP contribution in [-0.4, -0.2) is 16.6 Å². The number of hydrogen-bond acceptors (Lipinski definition) is 4. The smallest absolute Gasteiger partial charge is 0.221 e. The molecule has 0 radical (unpaired) electrons. The van der Waals surface area contributed by atoms with Gasteiger partial charge in [0.25, 0.3) is 0 Å². The highest BCUT2D eigenvalue weighted by Crippen LogP contribution is 2.19. The molecule has 0 aliphatic carbocycles. The van der Waals surface area contributed by atoms with Gasteiger partial charge >= 0.3 is 0 Å². The fraction of sp³-hybridized carbons (Fsp3) is 0.667. The van der Waals surface area contributed by atoms with Gasteiger partial charge in [-0.15, -0.1) is 0 Å². The van der Waals surface area contributed by atoms with E-state index in [1.54, 1.807) is 0 Å². The summed E-state index contributed by atoms with van der Waals surface area (Å²) in [5.41, 5.74) is 6.58. The molecule has 90 valence electrons. The molecule has 16 heavy (non-hydrogen) atoms. The lowest BCUT2D eigenvalue weighted by Crippen LogP contribution is -2.06. The third-order valence-corrected chi connectivity index (χ3v) is 2.49. The van der Waals surface area contributed by atoms with Gasteiger partial charge in [-0.05, 0) is 20.3 Å². The van der Waals surface area contributed by atoms with Crippen LogP contribution in [-0.2, 0) is 0 Å². The largest absolute Gasteiger partial charge is 0.477 e. The Morgan fingerprint density at radius 3 is 2.56 bits per heavy atom. The molecule has 0 bridgehead atoms. The molecule has 0 spiro atoms. The van der Waals surface area contributed by atoms with Gasteiger partial charge in [-0.1, -0.05) is 26.2 Å². The first kappa shape index (κ1) is 12.7. The third kappa shape index (κ3) is 3.68. The number of nitrogens with two attached hydrogens (primary N) is 1. The minimum Gasteiger partial charge on any atom is -0.477 e. The number of aryl methyl sites for hydroxylation is 1. The van der Waals surface area contributed by atoms with Gasteiger partial charge in [-0.3, -0.25) is 0 Å². The summed E-state index contributed by atoms with van der Waals surface area (Å²) in [5.74, 6) is 1.80. The molecule has 0 unspecified atom stereocenters. The Balaban J connectivity index is 2.47. The van der Waals surface area contributed by atoms with Crippen LogP contribution in [0.5, 0.6) is 5.88 Å². The first-order valence-electron chi connectivity index (χ1n) is 5.88. The van der Waals surface area contributed by atoms with Crippen molar-refractivity contribution in [1.29, 1.82) is 0 Å². The van der Waals surface area contributed by atoms with Crippen LogP contribution in [0, 0.1) is 13.8 Å². The monoisotopic (exact) mass is 223 g/mol. The number of rotatable bonds is 6. The van der Waals surface area contributed by atoms with E-state index in [9.17, 15) is 0 Å². The predicted octanol–water partition coefficient (Wildman–Crippen LogP) is 2.63. The van der Waals surface area contributed by atoms with Crippen LogP contribution in [0.25, 0.3) is 0 Å². The van der Waals surface area contributed by atoms with Crippen molar-refractivity contribution in [2.75, 3.05) is 12.3 Å². The lowest BCUT2D eigenvalue weighted by molar-refractivity contribution is 0.291. The Kier molecular flexibility index (Phi) is 5.02. The van der Waals surface area contributed by atoms with E-state index in [-0.39, 0.29) is 0 Å². The van der Waals surface area contributed by atoms with E-state index in [4.69, 9.17) is 10.5 Å². The zero-order valence-electron chi connectivity index (χ0n) is 10.4. The summed E-state index contributed by atoms with van der Waals surface area (Å²) in [4.78, 5) is 8.32. The molecule has 1 rings (SSSR count). The van der Waals surface area contributed by atoms with E-state index in [2.05, 4.69) is 16.9 Å². The second-order valence-corrected chi connectivity index (χ2v) is 4.00. The number of nitrogens with zero attached hydrogens (tertiary/aromatic N) is 2. The van der Waals surface area contributed by atoms with Gasteiger partial charge in [-0.25, -0.2) is 4.98 Å². The maximum atomic E-state index is 5.74. The summed E-state index contributed by atoms with van der Waals surface area (Å²) >= 11 is 0. The van der Waals surface area contributed by atoms with Gasteiger partial charge in [0.2, 0.25) is 5.88 Å². The molecule has 4 nitrogen and oxygen atoms in total. The van der Waals surface area contributed by atoms with Gasteiger partial charge in [0, 0.05) is 0 Å². The van der Waals surface area contributed by atoms with Crippen LogP contribution in [0.3, 0.4) is 0 Å². The minimum atomic E-state index is 0.510. The molecule has 0 amide bonds. The van der Waals surface area contributed by atoms with Gasteiger partial charge < -0.3 is 10.5 Å². The van der Waals surface area contributed by atoms with Gasteiger partial charge in [0.05, 0.1) is 12.2 Å². The summed E-state index contributed by atoms with van der Waals surface area (Å²) in [6, 6.07) is 0. The van der Waals surface area contributed by atoms with Crippen LogP contribution in [0.2, 0.25) is 0 Å². The molecule has 0 aliphatic rings. The quantitative estimate of drug-likeness (QED) is 0.753. The highest BCUT2D eigenvalue weighted by atomic mass is 16.5. The second-order valence-electron chi connectivity index (χ2n) is 4.00. The zero-order chi connectivity index (χ0) is 12.0. The van der Waals surface area contributed by atoms with E-state index >= 15 is 0 Å². The fourth-order valence-electron chi connectivity index (χ4n) is 1.46. The van der Waals surface area contributed by atoms with Crippen molar-refractivity contribution in [1.82, 2.24) is 9.97 Å². The highest BCUT2D eigenvalue weighted by molar-refractivity contribution is 5.44. The van der Waals surface area contributed by atoms with Crippen molar-refractivity contribution >= 4 is 5.82 Å². The Bertz CT molecular complexity index is 339. The average Bonchev–Trinajstić information content (AvgIpc) is 2.24. The van der Waals surface area contributed by atoms with Crippen LogP contribution in [0.1, 0.15) is 44.0 Å². The molecule has 0 atom stereocenters. The average molecular weight is 223 g/mol. The fourth-order valence-corrected chi connectivity index (χ4v) is 1.46. The van der Waals surface area contributed by atoms with Crippen LogP contribution in [0.4, 0.5) is 5.82 Å². The SMILES string of the molecule is CCCCCCOc1nc(C)nc(N)c1C. The number of anilines is 1. The molecule has 1 heterocycles. The Morgan fingerprint density at radius 2 is 1.88 bits per heavy atom. The molecule has 4 heteroatoms. The molecule has 2 N–H and O–H groups in total. The van der Waals surface area contributed by atoms with Crippen LogP contribution >= 0.6 is 0 Å². The number of ether oxygens (including phenoxy) is 1. The summed E-state index contributed by atoms with van der Waals surface area (Å²) in [5, 5.41) is 0. The number of aromatic nitrogens is 2. The Morgan fingerprint density at radius 1 is 1.12 bits per heavy atom. The molecule has 1 aromatic heterocycles. The first-order valence-corrected chi connectivity index (χ1v) is 5.88. The van der Waals surface area contributed by atoms with E-state index in [1.807, 2.05) is 13.8 Å². The lowest BCUT2D eigenvalue weighted by Gasteiger charge is -2.09. The van der Waals surface area contributed by atoms with Gasteiger partial charge in [0.1, 0.15) is 11.6 Å². The molecular formula is C12H21N3O. The van der Waals surface area contributed by atoms with E-state index < -0.39 is 0 Å². The molecule has 0 fully saturated rings. The van der Waals surface area contributed by atoms with Crippen molar-refractivity contribution in [3.05, 3.63) is 11.4 Å². The van der Waals surface area contributed by atoms with Crippen molar-refractivity contribution in [2.24, 2.45) is 0 Å². The minimum absolute atomic E-state index is 0.510. The molecule has 0 saturated carbocycles.